The van der Waals surface area contributed by atoms with Crippen LogP contribution in [0.2, 0.25) is 0 Å². The molecule has 0 amide bonds. The van der Waals surface area contributed by atoms with Crippen molar-refractivity contribution in [3.63, 3.8) is 0 Å². The molecule has 0 bridgehead atoms. The molecule has 114 valence electrons. The fourth-order valence-corrected chi connectivity index (χ4v) is 2.20. The van der Waals surface area contributed by atoms with Gasteiger partial charge in [-0.05, 0) is 43.9 Å². The van der Waals surface area contributed by atoms with Gasteiger partial charge in [0.15, 0.2) is 11.5 Å². The van der Waals surface area contributed by atoms with Gasteiger partial charge >= 0.3 is 0 Å². The second kappa shape index (κ2) is 8.85. The molecule has 1 atom stereocenters. The van der Waals surface area contributed by atoms with Gasteiger partial charge in [0.2, 0.25) is 0 Å². The summed E-state index contributed by atoms with van der Waals surface area (Å²) in [7, 11) is 1.69. The summed E-state index contributed by atoms with van der Waals surface area (Å²) in [4.78, 5) is 0. The number of aryl methyl sites for hydroxylation is 1. The highest BCUT2D eigenvalue weighted by molar-refractivity contribution is 5.43. The first-order valence-corrected chi connectivity index (χ1v) is 7.71. The number of hydrogen-bond acceptors (Lipinski definition) is 3. The molecule has 3 heteroatoms. The smallest absolute Gasteiger partial charge is 0.161 e. The van der Waals surface area contributed by atoms with Gasteiger partial charge in [0.25, 0.3) is 0 Å². The van der Waals surface area contributed by atoms with E-state index in [0.717, 1.165) is 37.3 Å². The van der Waals surface area contributed by atoms with E-state index in [4.69, 9.17) is 9.47 Å². The number of hydrogen-bond donors (Lipinski definition) is 1. The van der Waals surface area contributed by atoms with Crippen molar-refractivity contribution < 1.29 is 9.47 Å². The van der Waals surface area contributed by atoms with E-state index in [0.29, 0.717) is 6.04 Å². The summed E-state index contributed by atoms with van der Waals surface area (Å²) in [5, 5.41) is 3.53. The summed E-state index contributed by atoms with van der Waals surface area (Å²) in [5.41, 5.74) is 1.26. The van der Waals surface area contributed by atoms with Crippen LogP contribution >= 0.6 is 0 Å². The number of rotatable bonds is 9. The summed E-state index contributed by atoms with van der Waals surface area (Å²) < 4.78 is 11.4. The van der Waals surface area contributed by atoms with Gasteiger partial charge in [0.1, 0.15) is 6.10 Å². The third kappa shape index (κ3) is 5.04. The average molecular weight is 279 g/mol. The quantitative estimate of drug-likeness (QED) is 0.745. The third-order valence-corrected chi connectivity index (χ3v) is 3.64. The molecule has 20 heavy (non-hydrogen) atoms. The first-order valence-electron chi connectivity index (χ1n) is 7.71. The molecule has 0 spiro atoms. The maximum Gasteiger partial charge on any atom is 0.161 e. The van der Waals surface area contributed by atoms with Crippen molar-refractivity contribution in [2.75, 3.05) is 13.7 Å². The van der Waals surface area contributed by atoms with E-state index in [9.17, 15) is 0 Å². The molecular formula is C17H29NO2. The van der Waals surface area contributed by atoms with Crippen LogP contribution in [-0.4, -0.2) is 25.8 Å². The van der Waals surface area contributed by atoms with Gasteiger partial charge in [-0.3, -0.25) is 0 Å². The fraction of sp³-hybridized carbons (Fsp3) is 0.647. The van der Waals surface area contributed by atoms with Crippen LogP contribution < -0.4 is 14.8 Å². The van der Waals surface area contributed by atoms with Gasteiger partial charge in [-0.15, -0.1) is 0 Å². The summed E-state index contributed by atoms with van der Waals surface area (Å²) in [5.74, 6) is 1.64. The molecule has 1 unspecified atom stereocenters. The molecule has 1 aromatic carbocycles. The molecule has 0 aliphatic heterocycles. The Morgan fingerprint density at radius 3 is 2.35 bits per heavy atom. The molecule has 1 aromatic rings. The molecule has 1 rings (SSSR count). The lowest BCUT2D eigenvalue weighted by molar-refractivity contribution is 0.201. The maximum atomic E-state index is 5.99. The largest absolute Gasteiger partial charge is 0.493 e. The van der Waals surface area contributed by atoms with Gasteiger partial charge in [-0.25, -0.2) is 0 Å². The molecule has 1 N–H and O–H groups in total. The Bertz CT molecular complexity index is 389. The Morgan fingerprint density at radius 1 is 1.10 bits per heavy atom. The minimum Gasteiger partial charge on any atom is -0.493 e. The van der Waals surface area contributed by atoms with Crippen LogP contribution in [0.25, 0.3) is 0 Å². The lowest BCUT2D eigenvalue weighted by Crippen LogP contribution is -2.36. The first-order chi connectivity index (χ1) is 9.64. The van der Waals surface area contributed by atoms with E-state index >= 15 is 0 Å². The molecule has 0 aliphatic rings. The van der Waals surface area contributed by atoms with Crippen LogP contribution in [0, 0.1) is 0 Å². The first kappa shape index (κ1) is 16.8. The summed E-state index contributed by atoms with van der Waals surface area (Å²) >= 11 is 0. The Hall–Kier alpha value is -1.22. The number of nitrogens with one attached hydrogen (secondary N) is 1. The third-order valence-electron chi connectivity index (χ3n) is 3.64. The highest BCUT2D eigenvalue weighted by Crippen LogP contribution is 2.29. The van der Waals surface area contributed by atoms with Gasteiger partial charge in [-0.2, -0.15) is 0 Å². The second-order valence-electron chi connectivity index (χ2n) is 5.19. The standard InChI is InChI=1S/C17H29NO2/c1-6-14-9-10-16(17(11-14)19-5)20-13(4)12-18-15(7-2)8-3/h9-11,13,15,18H,6-8,12H2,1-5H3. The number of methoxy groups -OCH3 is 1. The topological polar surface area (TPSA) is 30.5 Å². The normalized spacial score (nSPS) is 12.5. The van der Waals surface area contributed by atoms with Crippen LogP contribution in [0.4, 0.5) is 0 Å². The SMILES string of the molecule is CCc1ccc(OC(C)CNC(CC)CC)c(OC)c1. The van der Waals surface area contributed by atoms with Crippen molar-refractivity contribution in [2.24, 2.45) is 0 Å². The zero-order chi connectivity index (χ0) is 15.0. The van der Waals surface area contributed by atoms with Crippen LogP contribution in [-0.2, 0) is 6.42 Å². The molecule has 0 heterocycles. The highest BCUT2D eigenvalue weighted by atomic mass is 16.5. The summed E-state index contributed by atoms with van der Waals surface area (Å²) in [6.07, 6.45) is 3.43. The Balaban J connectivity index is 2.58. The van der Waals surface area contributed by atoms with Gasteiger partial charge in [-0.1, -0.05) is 26.8 Å². The molecule has 0 saturated heterocycles. The van der Waals surface area contributed by atoms with Crippen LogP contribution in [0.1, 0.15) is 46.1 Å². The molecule has 0 saturated carbocycles. The van der Waals surface area contributed by atoms with Crippen molar-refractivity contribution in [2.45, 2.75) is 59.1 Å². The molecule has 0 radical (unpaired) electrons. The van der Waals surface area contributed by atoms with E-state index in [2.05, 4.69) is 45.1 Å². The predicted octanol–water partition coefficient (Wildman–Crippen LogP) is 3.80. The van der Waals surface area contributed by atoms with Crippen LogP contribution in [0.3, 0.4) is 0 Å². The molecule has 0 fully saturated rings. The van der Waals surface area contributed by atoms with E-state index in [1.54, 1.807) is 7.11 Å². The Kier molecular flexibility index (Phi) is 7.45. The van der Waals surface area contributed by atoms with E-state index in [1.165, 1.54) is 5.56 Å². The predicted molar refractivity (Wildman–Crippen MR) is 84.8 cm³/mol. The van der Waals surface area contributed by atoms with Crippen molar-refractivity contribution in [3.05, 3.63) is 23.8 Å². The lowest BCUT2D eigenvalue weighted by Gasteiger charge is -2.21. The lowest BCUT2D eigenvalue weighted by atomic mass is 10.1. The van der Waals surface area contributed by atoms with E-state index < -0.39 is 0 Å². The molecular weight excluding hydrogens is 250 g/mol. The molecule has 3 nitrogen and oxygen atoms in total. The van der Waals surface area contributed by atoms with Gasteiger partial charge in [0.05, 0.1) is 7.11 Å². The van der Waals surface area contributed by atoms with Crippen molar-refractivity contribution in [1.29, 1.82) is 0 Å². The average Bonchev–Trinajstić information content (AvgIpc) is 2.48. The van der Waals surface area contributed by atoms with Crippen molar-refractivity contribution in [3.8, 4) is 11.5 Å². The molecule has 0 aliphatic carbocycles. The summed E-state index contributed by atoms with van der Waals surface area (Å²) in [6, 6.07) is 6.73. The second-order valence-corrected chi connectivity index (χ2v) is 5.19. The van der Waals surface area contributed by atoms with Crippen LogP contribution in [0.15, 0.2) is 18.2 Å². The van der Waals surface area contributed by atoms with Crippen LogP contribution in [0.5, 0.6) is 11.5 Å². The van der Waals surface area contributed by atoms with Crippen molar-refractivity contribution in [1.82, 2.24) is 5.32 Å². The number of ether oxygens (including phenoxy) is 2. The van der Waals surface area contributed by atoms with E-state index in [1.807, 2.05) is 6.07 Å². The zero-order valence-corrected chi connectivity index (χ0v) is 13.5. The minimum absolute atomic E-state index is 0.122. The summed E-state index contributed by atoms with van der Waals surface area (Å²) in [6.45, 7) is 9.49. The van der Waals surface area contributed by atoms with E-state index in [-0.39, 0.29) is 6.10 Å². The Morgan fingerprint density at radius 2 is 1.80 bits per heavy atom. The Labute approximate surface area is 123 Å². The van der Waals surface area contributed by atoms with Gasteiger partial charge in [0, 0.05) is 12.6 Å². The monoisotopic (exact) mass is 279 g/mol. The zero-order valence-electron chi connectivity index (χ0n) is 13.5. The highest BCUT2D eigenvalue weighted by Gasteiger charge is 2.11. The minimum atomic E-state index is 0.122. The number of benzene rings is 1. The van der Waals surface area contributed by atoms with Gasteiger partial charge < -0.3 is 14.8 Å². The molecule has 0 aromatic heterocycles. The fourth-order valence-electron chi connectivity index (χ4n) is 2.20. The van der Waals surface area contributed by atoms with Crippen molar-refractivity contribution >= 4 is 0 Å². The maximum absolute atomic E-state index is 5.99.